The highest BCUT2D eigenvalue weighted by Gasteiger charge is 2.25. The molecular formula is C21H31N5. The molecule has 0 aliphatic carbocycles. The molecule has 1 atom stereocenters. The van der Waals surface area contributed by atoms with E-state index in [1.54, 1.807) is 0 Å². The average molecular weight is 354 g/mol. The van der Waals surface area contributed by atoms with Crippen LogP contribution in [0.2, 0.25) is 0 Å². The number of rotatable bonds is 6. The monoisotopic (exact) mass is 353 g/mol. The zero-order valence-corrected chi connectivity index (χ0v) is 16.2. The lowest BCUT2D eigenvalue weighted by molar-refractivity contribution is 0.455. The number of aromatic nitrogens is 2. The first-order valence-corrected chi connectivity index (χ1v) is 9.65. The van der Waals surface area contributed by atoms with Crippen LogP contribution in [0.1, 0.15) is 31.7 Å². The Bertz CT molecular complexity index is 704. The Labute approximate surface area is 157 Å². The molecule has 5 nitrogen and oxygen atoms in total. The standard InChI is InChI=1S/C21H31N5/c1-17(2)15-25-12-10-23-20(25)14-24-21(22-3)26-11-9-19(16-26)13-18-7-5-4-6-8-18/h4-8,10,12,17,19H,9,11,13-16H2,1-3H3,(H,22,24). The summed E-state index contributed by atoms with van der Waals surface area (Å²) < 4.78 is 2.23. The summed E-state index contributed by atoms with van der Waals surface area (Å²) in [6, 6.07) is 10.8. The van der Waals surface area contributed by atoms with Gasteiger partial charge in [-0.2, -0.15) is 0 Å². The molecule has 1 saturated heterocycles. The van der Waals surface area contributed by atoms with Crippen LogP contribution in [-0.4, -0.2) is 40.5 Å². The van der Waals surface area contributed by atoms with Gasteiger partial charge in [0.05, 0.1) is 6.54 Å². The van der Waals surface area contributed by atoms with Crippen LogP contribution in [0.5, 0.6) is 0 Å². The number of imidazole rings is 1. The van der Waals surface area contributed by atoms with Crippen LogP contribution < -0.4 is 5.32 Å². The Balaban J connectivity index is 1.53. The highest BCUT2D eigenvalue weighted by Crippen LogP contribution is 2.21. The number of nitrogens with one attached hydrogen (secondary N) is 1. The topological polar surface area (TPSA) is 45.5 Å². The number of hydrogen-bond donors (Lipinski definition) is 1. The fourth-order valence-electron chi connectivity index (χ4n) is 3.70. The van der Waals surface area contributed by atoms with Crippen molar-refractivity contribution in [3.05, 3.63) is 54.1 Å². The predicted molar refractivity (Wildman–Crippen MR) is 107 cm³/mol. The van der Waals surface area contributed by atoms with Gasteiger partial charge in [0.2, 0.25) is 0 Å². The summed E-state index contributed by atoms with van der Waals surface area (Å²) in [6.45, 7) is 8.30. The van der Waals surface area contributed by atoms with E-state index in [0.717, 1.165) is 37.8 Å². The Kier molecular flexibility index (Phi) is 6.31. The van der Waals surface area contributed by atoms with E-state index in [1.807, 2.05) is 13.2 Å². The minimum Gasteiger partial charge on any atom is -0.349 e. The fourth-order valence-corrected chi connectivity index (χ4v) is 3.70. The molecule has 5 heteroatoms. The predicted octanol–water partition coefficient (Wildman–Crippen LogP) is 3.18. The summed E-state index contributed by atoms with van der Waals surface area (Å²) >= 11 is 0. The fraction of sp³-hybridized carbons (Fsp3) is 0.524. The van der Waals surface area contributed by atoms with E-state index < -0.39 is 0 Å². The van der Waals surface area contributed by atoms with Crippen molar-refractivity contribution in [3.8, 4) is 0 Å². The number of hydrogen-bond acceptors (Lipinski definition) is 2. The van der Waals surface area contributed by atoms with E-state index in [4.69, 9.17) is 0 Å². The SMILES string of the molecule is CN=C(NCc1nccn1CC(C)C)N1CCC(Cc2ccccc2)C1. The van der Waals surface area contributed by atoms with Crippen LogP contribution in [0.15, 0.2) is 47.7 Å². The van der Waals surface area contributed by atoms with Gasteiger partial charge >= 0.3 is 0 Å². The zero-order chi connectivity index (χ0) is 18.4. The lowest BCUT2D eigenvalue weighted by atomic mass is 9.99. The number of guanidine groups is 1. The van der Waals surface area contributed by atoms with Crippen molar-refractivity contribution in [1.82, 2.24) is 19.8 Å². The molecule has 1 N–H and O–H groups in total. The molecule has 1 aliphatic heterocycles. The highest BCUT2D eigenvalue weighted by atomic mass is 15.3. The van der Waals surface area contributed by atoms with Crippen LogP contribution in [0, 0.1) is 11.8 Å². The van der Waals surface area contributed by atoms with Gasteiger partial charge in [0.25, 0.3) is 0 Å². The number of benzene rings is 1. The molecule has 1 aromatic heterocycles. The first-order chi connectivity index (χ1) is 12.7. The van der Waals surface area contributed by atoms with Gasteiger partial charge in [0.1, 0.15) is 5.82 Å². The zero-order valence-electron chi connectivity index (χ0n) is 16.2. The molecule has 2 aromatic rings. The molecule has 2 heterocycles. The van der Waals surface area contributed by atoms with Crippen molar-refractivity contribution in [3.63, 3.8) is 0 Å². The Morgan fingerprint density at radius 3 is 2.85 bits per heavy atom. The van der Waals surface area contributed by atoms with Gasteiger partial charge in [-0.05, 0) is 30.2 Å². The maximum atomic E-state index is 4.50. The third-order valence-corrected chi connectivity index (χ3v) is 4.93. The van der Waals surface area contributed by atoms with Gasteiger partial charge in [-0.15, -0.1) is 0 Å². The average Bonchev–Trinajstić information content (AvgIpc) is 3.26. The van der Waals surface area contributed by atoms with Gasteiger partial charge in [-0.25, -0.2) is 4.98 Å². The van der Waals surface area contributed by atoms with Gasteiger partial charge in [0, 0.05) is 39.1 Å². The lowest BCUT2D eigenvalue weighted by Crippen LogP contribution is -2.40. The highest BCUT2D eigenvalue weighted by molar-refractivity contribution is 5.80. The number of likely N-dealkylation sites (tertiary alicyclic amines) is 1. The molecular weight excluding hydrogens is 322 g/mol. The summed E-state index contributed by atoms with van der Waals surface area (Å²) in [5.74, 6) is 3.36. The van der Waals surface area contributed by atoms with Crippen molar-refractivity contribution >= 4 is 5.96 Å². The second-order valence-electron chi connectivity index (χ2n) is 7.58. The second kappa shape index (κ2) is 8.88. The van der Waals surface area contributed by atoms with Crippen molar-refractivity contribution in [2.24, 2.45) is 16.8 Å². The molecule has 0 spiro atoms. The normalized spacial score (nSPS) is 17.9. The molecule has 1 unspecified atom stereocenters. The molecule has 1 aliphatic rings. The van der Waals surface area contributed by atoms with E-state index in [1.165, 1.54) is 12.0 Å². The first-order valence-electron chi connectivity index (χ1n) is 9.65. The van der Waals surface area contributed by atoms with E-state index in [2.05, 4.69) is 75.1 Å². The summed E-state index contributed by atoms with van der Waals surface area (Å²) in [5, 5.41) is 3.50. The van der Waals surface area contributed by atoms with Gasteiger partial charge in [0.15, 0.2) is 5.96 Å². The third-order valence-electron chi connectivity index (χ3n) is 4.93. The first kappa shape index (κ1) is 18.5. The van der Waals surface area contributed by atoms with E-state index in [0.29, 0.717) is 18.4 Å². The Morgan fingerprint density at radius 2 is 2.12 bits per heavy atom. The molecule has 3 rings (SSSR count). The maximum absolute atomic E-state index is 4.50. The maximum Gasteiger partial charge on any atom is 0.194 e. The second-order valence-corrected chi connectivity index (χ2v) is 7.58. The summed E-state index contributed by atoms with van der Waals surface area (Å²) in [7, 11) is 1.87. The van der Waals surface area contributed by atoms with Gasteiger partial charge in [-0.1, -0.05) is 44.2 Å². The molecule has 0 saturated carbocycles. The molecule has 1 aromatic carbocycles. The van der Waals surface area contributed by atoms with Crippen molar-refractivity contribution < 1.29 is 0 Å². The Morgan fingerprint density at radius 1 is 1.31 bits per heavy atom. The Hall–Kier alpha value is -2.30. The summed E-state index contributed by atoms with van der Waals surface area (Å²) in [6.07, 6.45) is 6.31. The van der Waals surface area contributed by atoms with Crippen molar-refractivity contribution in [1.29, 1.82) is 0 Å². The summed E-state index contributed by atoms with van der Waals surface area (Å²) in [4.78, 5) is 11.4. The van der Waals surface area contributed by atoms with E-state index in [-0.39, 0.29) is 0 Å². The number of aliphatic imine (C=N–C) groups is 1. The van der Waals surface area contributed by atoms with Gasteiger partial charge in [-0.3, -0.25) is 4.99 Å². The molecule has 26 heavy (non-hydrogen) atoms. The van der Waals surface area contributed by atoms with E-state index in [9.17, 15) is 0 Å². The van der Waals surface area contributed by atoms with Gasteiger partial charge < -0.3 is 14.8 Å². The minimum atomic E-state index is 0.611. The lowest BCUT2D eigenvalue weighted by Gasteiger charge is -2.22. The smallest absolute Gasteiger partial charge is 0.194 e. The summed E-state index contributed by atoms with van der Waals surface area (Å²) in [5.41, 5.74) is 1.43. The van der Waals surface area contributed by atoms with Crippen LogP contribution in [-0.2, 0) is 19.5 Å². The van der Waals surface area contributed by atoms with Crippen LogP contribution in [0.3, 0.4) is 0 Å². The number of nitrogens with zero attached hydrogens (tertiary/aromatic N) is 4. The van der Waals surface area contributed by atoms with Crippen LogP contribution in [0.25, 0.3) is 0 Å². The minimum absolute atomic E-state index is 0.611. The third kappa shape index (κ3) is 4.87. The quantitative estimate of drug-likeness (QED) is 0.641. The van der Waals surface area contributed by atoms with Crippen LogP contribution >= 0.6 is 0 Å². The largest absolute Gasteiger partial charge is 0.349 e. The van der Waals surface area contributed by atoms with Crippen LogP contribution in [0.4, 0.5) is 0 Å². The molecule has 0 amide bonds. The van der Waals surface area contributed by atoms with Crippen molar-refractivity contribution in [2.75, 3.05) is 20.1 Å². The van der Waals surface area contributed by atoms with E-state index >= 15 is 0 Å². The molecule has 0 radical (unpaired) electrons. The molecule has 140 valence electrons. The van der Waals surface area contributed by atoms with Crippen molar-refractivity contribution in [2.45, 2.75) is 39.8 Å². The molecule has 1 fully saturated rings. The molecule has 0 bridgehead atoms.